The average molecular weight is 1400 g/mol. The molecule has 6 aromatic carbocycles. The van der Waals surface area contributed by atoms with E-state index < -0.39 is 276 Å². The summed E-state index contributed by atoms with van der Waals surface area (Å²) in [5.74, 6) is -7.80. The van der Waals surface area contributed by atoms with Crippen LogP contribution >= 0.6 is 23.5 Å². The quantitative estimate of drug-likeness (QED) is 0.0295. The highest BCUT2D eigenvalue weighted by atomic mass is 32.2. The molecule has 22 heteroatoms. The van der Waals surface area contributed by atoms with Gasteiger partial charge in [0.15, 0.2) is 10.3 Å². The van der Waals surface area contributed by atoms with Crippen LogP contribution in [0.1, 0.15) is 164 Å². The number of nitrogens with zero attached hydrogens (tertiary/aromatic N) is 8. The number of hydrogen-bond donors (Lipinski definition) is 0. The molecule has 2 aliphatic carbocycles. The SMILES string of the molecule is [2H]C([2H])(C)N(C([2H])([2H])C)C([2H])([2H])C([2H])([2H])N(C(=O)C([2H])([2H])n1c(SCc2ccc(F)cc2)nc(=O)c2c1CCC2)C([2H])(C)c1ccc(-c2ccc(C(F)(F)F)cc2)cc1.[2H]c1c([2H])c(CSc2nc(=O)c3c(n2C([2H])([2H])C(=O)N(C([2H])([2H])c2c([2H])c([2H])c(-c4c([2H])c([2H])c(C(F)(F)F)c(C)c4[2H])c([2H])c2[2H])C([2H])([2H])C([2H])([2H])N(CC)CC)C([2H])([2H])C([2H])([2H])C3([2H])[2H])c([2H])c([2H])c1F. The second-order valence-electron chi connectivity index (χ2n) is 20.2. The fourth-order valence-corrected chi connectivity index (χ4v) is 10.8. The van der Waals surface area contributed by atoms with Crippen LogP contribution in [-0.4, -0.2) is 103 Å². The van der Waals surface area contributed by atoms with Crippen molar-refractivity contribution in [1.82, 2.24) is 38.7 Å². The van der Waals surface area contributed by atoms with Gasteiger partial charge in [0, 0.05) is 85.7 Å². The number of carbonyl (C=O) groups is 2. The third-order valence-corrected chi connectivity index (χ3v) is 16.0. The largest absolute Gasteiger partial charge is 0.416 e. The van der Waals surface area contributed by atoms with Crippen LogP contribution in [-0.2, 0) is 78.5 Å². The standard InChI is InChI=1S/2C37H40F4N4O2S/c1-4-43(5-2)21-22-44(25(3)27-11-13-28(14-12-27)29-15-17-30(18-16-29)37(39,40)41)34(46)23-45-33-8-6-7-32(33)35(47)42-36(45)48-24-26-9-19-31(38)20-10-26;1-4-43(5-2)19-20-44(22-26-9-13-28(14-10-26)29-15-18-32(25(3)21-29)37(39,40)41)34(46)23-45-33-8-6-7-31(33)35(47)42-36(45)48-24-27-11-16-30(38)17-12-27/h9-20,25H,4-8,21-24H2,1-3H3;9-18,21H,4-8,19-20,22-24H2,1-3H3/i4D2,5D2,21D2,22D2,23D2,25D;6D2,7D2,8D2,9D,10D,11D,12D,13D,14D,15D,16D,17D,18D,19D2,20D2,21D,22D2,23D2. The molecule has 508 valence electrons. The predicted octanol–water partition coefficient (Wildman–Crippen LogP) is 15.3. The van der Waals surface area contributed by atoms with Gasteiger partial charge in [-0.2, -0.15) is 36.3 Å². The molecular formula is C74H80F8N8O4S2. The summed E-state index contributed by atoms with van der Waals surface area (Å²) >= 11 is 0.754. The summed E-state index contributed by atoms with van der Waals surface area (Å²) in [5.41, 5.74) is -13.2. The van der Waals surface area contributed by atoms with Gasteiger partial charge in [0.2, 0.25) is 11.8 Å². The van der Waals surface area contributed by atoms with Gasteiger partial charge < -0.3 is 28.7 Å². The average Bonchev–Trinajstić information content (AvgIpc) is 1.47. The lowest BCUT2D eigenvalue weighted by molar-refractivity contribution is -0.138. The third kappa shape index (κ3) is 18.6. The van der Waals surface area contributed by atoms with Crippen molar-refractivity contribution in [2.45, 2.75) is 140 Å². The molecule has 0 saturated carbocycles. The van der Waals surface area contributed by atoms with Gasteiger partial charge in [-0.3, -0.25) is 19.2 Å². The normalized spacial score (nSPS) is 21.9. The van der Waals surface area contributed by atoms with Crippen LogP contribution in [0.2, 0.25) is 0 Å². The molecule has 2 heterocycles. The highest BCUT2D eigenvalue weighted by molar-refractivity contribution is 7.98. The first kappa shape index (κ1) is 38.3. The molecule has 2 aromatic heterocycles. The van der Waals surface area contributed by atoms with E-state index in [1.54, 1.807) is 0 Å². The number of thioether (sulfide) groups is 2. The number of likely N-dealkylation sites (N-methyl/N-ethyl adjacent to an activating group) is 2. The zero-order valence-corrected chi connectivity index (χ0v) is 53.1. The van der Waals surface area contributed by atoms with Crippen molar-refractivity contribution in [3.8, 4) is 22.3 Å². The molecule has 0 bridgehead atoms. The van der Waals surface area contributed by atoms with Crippen LogP contribution in [0.4, 0.5) is 35.1 Å². The molecule has 2 amide bonds. The van der Waals surface area contributed by atoms with Gasteiger partial charge in [-0.15, -0.1) is 0 Å². The van der Waals surface area contributed by atoms with E-state index >= 15 is 9.59 Å². The van der Waals surface area contributed by atoms with Crippen molar-refractivity contribution in [2.24, 2.45) is 0 Å². The summed E-state index contributed by atoms with van der Waals surface area (Å²) in [6.45, 7) is -29.6. The Bertz CT molecular complexity index is 5900. The van der Waals surface area contributed by atoms with E-state index in [4.69, 9.17) is 34.3 Å². The summed E-state index contributed by atoms with van der Waals surface area (Å²) < 4.78 is 427. The Morgan fingerprint density at radius 3 is 1.78 bits per heavy atom. The van der Waals surface area contributed by atoms with Crippen LogP contribution < -0.4 is 11.1 Å². The van der Waals surface area contributed by atoms with Gasteiger partial charge in [0.25, 0.3) is 11.1 Å². The fraction of sp³-hybridized carbons (Fsp3) is 0.378. The van der Waals surface area contributed by atoms with Crippen LogP contribution in [0, 0.1) is 18.6 Å². The maximum Gasteiger partial charge on any atom is 0.416 e. The van der Waals surface area contributed by atoms with Gasteiger partial charge in [0.1, 0.15) is 24.6 Å². The van der Waals surface area contributed by atoms with Crippen LogP contribution in [0.5, 0.6) is 0 Å². The Balaban J connectivity index is 0.000000304. The Labute approximate surface area is 614 Å². The van der Waals surface area contributed by atoms with Gasteiger partial charge in [-0.1, -0.05) is 148 Å². The van der Waals surface area contributed by atoms with Gasteiger partial charge >= 0.3 is 12.4 Å². The first-order valence-electron chi connectivity index (χ1n) is 46.7. The molecule has 12 nitrogen and oxygen atoms in total. The number of aromatic nitrogens is 4. The zero-order chi connectivity index (χ0) is 101. The summed E-state index contributed by atoms with van der Waals surface area (Å²) in [7, 11) is 0. The van der Waals surface area contributed by atoms with Crippen molar-refractivity contribution in [1.29, 1.82) is 0 Å². The molecule has 2 aliphatic rings. The van der Waals surface area contributed by atoms with Crippen LogP contribution in [0.3, 0.4) is 0 Å². The Morgan fingerprint density at radius 1 is 0.615 bits per heavy atom. The van der Waals surface area contributed by atoms with Gasteiger partial charge in [-0.25, -0.2) is 8.78 Å². The number of hydrogen-bond acceptors (Lipinski definition) is 10. The van der Waals surface area contributed by atoms with E-state index in [2.05, 4.69) is 9.97 Å². The summed E-state index contributed by atoms with van der Waals surface area (Å²) in [6.07, 6.45) is -21.0. The minimum Gasteiger partial charge on any atom is -0.336 e. The monoisotopic (exact) mass is 1400 g/mol. The lowest BCUT2D eigenvalue weighted by Gasteiger charge is -2.33. The predicted molar refractivity (Wildman–Crippen MR) is 363 cm³/mol. The van der Waals surface area contributed by atoms with E-state index in [1.165, 1.54) is 74.5 Å². The van der Waals surface area contributed by atoms with E-state index in [9.17, 15) is 59.8 Å². The van der Waals surface area contributed by atoms with E-state index in [-0.39, 0.29) is 66.7 Å². The van der Waals surface area contributed by atoms with Crippen molar-refractivity contribution in [3.63, 3.8) is 0 Å². The fourth-order valence-electron chi connectivity index (χ4n) is 9.02. The number of halogens is 8. The van der Waals surface area contributed by atoms with E-state index in [0.29, 0.717) is 34.9 Å². The number of alkyl halides is 6. The first-order chi connectivity index (χ1) is 59.8. The number of rotatable bonds is 26. The van der Waals surface area contributed by atoms with E-state index in [0.717, 1.165) is 49.2 Å². The molecular weight excluding hydrogens is 1280 g/mol. The topological polar surface area (TPSA) is 117 Å². The highest BCUT2D eigenvalue weighted by Crippen LogP contribution is 2.36. The number of amides is 2. The minimum atomic E-state index is -5.32. The van der Waals surface area contributed by atoms with E-state index in [1.807, 2.05) is 0 Å². The molecule has 0 fully saturated rings. The molecule has 1 unspecified atom stereocenters. The Hall–Kier alpha value is -7.92. The van der Waals surface area contributed by atoms with Crippen molar-refractivity contribution < 1.29 is 94.1 Å². The maximum absolute atomic E-state index is 15.4. The third-order valence-electron chi connectivity index (χ3n) is 14.0. The maximum atomic E-state index is 15.4. The van der Waals surface area contributed by atoms with Crippen LogP contribution in [0.25, 0.3) is 22.3 Å². The second-order valence-corrected chi connectivity index (χ2v) is 22.1. The molecule has 0 spiro atoms. The summed E-state index contributed by atoms with van der Waals surface area (Å²) in [5, 5.41) is -1.68. The number of fused-ring (bicyclic) bond motifs is 2. The summed E-state index contributed by atoms with van der Waals surface area (Å²) in [4.78, 5) is 64.6. The molecule has 1 atom stereocenters. The molecule has 0 N–H and O–H groups in total. The van der Waals surface area contributed by atoms with Crippen LogP contribution in [0.15, 0.2) is 159 Å². The molecule has 8 aromatic rings. The molecule has 0 saturated heterocycles. The molecule has 0 aliphatic heterocycles. The lowest BCUT2D eigenvalue weighted by Crippen LogP contribution is -2.42. The minimum absolute atomic E-state index is 0.00354. The van der Waals surface area contributed by atoms with Gasteiger partial charge in [0.05, 0.1) is 47.3 Å². The van der Waals surface area contributed by atoms with Gasteiger partial charge in [-0.05, 0) is 171 Å². The second kappa shape index (κ2) is 32.9. The highest BCUT2D eigenvalue weighted by Gasteiger charge is 2.34. The number of benzene rings is 6. The molecule has 10 rings (SSSR count). The van der Waals surface area contributed by atoms with Crippen molar-refractivity contribution in [2.75, 3.05) is 52.1 Å². The smallest absolute Gasteiger partial charge is 0.336 e. The molecule has 0 radical (unpaired) electrons. The molecule has 96 heavy (non-hydrogen) atoms. The zero-order valence-electron chi connectivity index (χ0n) is 87.4. The first-order valence-corrected chi connectivity index (χ1v) is 30.7. The Kier molecular flexibility index (Phi) is 13.1. The number of carbonyl (C=O) groups excluding carboxylic acids is 2. The summed E-state index contributed by atoms with van der Waals surface area (Å²) in [6, 6.07) is -3.54. The van der Waals surface area contributed by atoms with Crippen molar-refractivity contribution >= 4 is 35.3 Å². The van der Waals surface area contributed by atoms with Crippen molar-refractivity contribution in [3.05, 3.63) is 233 Å². The Morgan fingerprint density at radius 2 is 1.18 bits per heavy atom. The lowest BCUT2D eigenvalue weighted by atomic mass is 9.98.